The minimum absolute atomic E-state index is 0.283. The molecule has 23 heavy (non-hydrogen) atoms. The quantitative estimate of drug-likeness (QED) is 0.389. The van der Waals surface area contributed by atoms with Crippen molar-refractivity contribution in [1.29, 1.82) is 0 Å². The molecule has 0 aliphatic carbocycles. The summed E-state index contributed by atoms with van der Waals surface area (Å²) >= 11 is 0. The first kappa shape index (κ1) is 22.3. The standard InChI is InChI=1S/C17H34O6/c1-16(2)7-5-3-4-6-8-20-9-10-21-11-12-22-13-14-23-15-17(18)19/h16H,3-15H2,1-2H3,(H,18,19). The van der Waals surface area contributed by atoms with Crippen LogP contribution in [0.15, 0.2) is 0 Å². The lowest BCUT2D eigenvalue weighted by Crippen LogP contribution is -2.14. The summed E-state index contributed by atoms with van der Waals surface area (Å²) in [6, 6.07) is 0. The van der Waals surface area contributed by atoms with E-state index in [1.54, 1.807) is 0 Å². The predicted octanol–water partition coefficient (Wildman–Crippen LogP) is 2.74. The van der Waals surface area contributed by atoms with Crippen LogP contribution in [0.2, 0.25) is 0 Å². The number of hydrogen-bond donors (Lipinski definition) is 1. The van der Waals surface area contributed by atoms with Gasteiger partial charge in [0, 0.05) is 6.61 Å². The maximum atomic E-state index is 10.2. The van der Waals surface area contributed by atoms with E-state index in [9.17, 15) is 4.79 Å². The maximum Gasteiger partial charge on any atom is 0.329 e. The van der Waals surface area contributed by atoms with Gasteiger partial charge < -0.3 is 24.1 Å². The Morgan fingerprint density at radius 2 is 1.22 bits per heavy atom. The number of carboxylic acids is 1. The molecule has 0 saturated heterocycles. The molecule has 0 heterocycles. The van der Waals surface area contributed by atoms with Gasteiger partial charge in [-0.15, -0.1) is 0 Å². The summed E-state index contributed by atoms with van der Waals surface area (Å²) in [5, 5.41) is 8.35. The lowest BCUT2D eigenvalue weighted by Gasteiger charge is -2.07. The number of aliphatic carboxylic acids is 1. The van der Waals surface area contributed by atoms with Crippen molar-refractivity contribution >= 4 is 5.97 Å². The molecule has 0 aromatic carbocycles. The molecule has 0 fully saturated rings. The van der Waals surface area contributed by atoms with Gasteiger partial charge in [0.2, 0.25) is 0 Å². The summed E-state index contributed by atoms with van der Waals surface area (Å²) in [5.74, 6) is -0.159. The highest BCUT2D eigenvalue weighted by Gasteiger charge is 1.97. The molecule has 0 aliphatic heterocycles. The van der Waals surface area contributed by atoms with Gasteiger partial charge in [-0.1, -0.05) is 39.5 Å². The first-order valence-electron chi connectivity index (χ1n) is 8.65. The summed E-state index contributed by atoms with van der Waals surface area (Å²) in [6.07, 6.45) is 6.30. The van der Waals surface area contributed by atoms with Crippen LogP contribution in [0, 0.1) is 5.92 Å². The van der Waals surface area contributed by atoms with Crippen molar-refractivity contribution in [3.8, 4) is 0 Å². The minimum atomic E-state index is -0.969. The zero-order chi connectivity index (χ0) is 17.2. The van der Waals surface area contributed by atoms with Crippen LogP contribution in [-0.2, 0) is 23.7 Å². The van der Waals surface area contributed by atoms with E-state index in [0.717, 1.165) is 18.9 Å². The summed E-state index contributed by atoms with van der Waals surface area (Å²) in [5.41, 5.74) is 0. The second kappa shape index (κ2) is 17.7. The summed E-state index contributed by atoms with van der Waals surface area (Å²) in [6.45, 7) is 7.90. The average Bonchev–Trinajstić information content (AvgIpc) is 2.49. The first-order valence-corrected chi connectivity index (χ1v) is 8.65. The Morgan fingerprint density at radius 3 is 1.74 bits per heavy atom. The SMILES string of the molecule is CC(C)CCCCCCOCCOCCOCCOCC(=O)O. The molecule has 0 atom stereocenters. The molecule has 0 aliphatic rings. The van der Waals surface area contributed by atoms with Gasteiger partial charge in [-0.25, -0.2) is 4.79 Å². The van der Waals surface area contributed by atoms with E-state index in [0.29, 0.717) is 33.0 Å². The lowest BCUT2D eigenvalue weighted by molar-refractivity contribution is -0.142. The van der Waals surface area contributed by atoms with E-state index in [1.165, 1.54) is 25.7 Å². The molecule has 138 valence electrons. The second-order valence-corrected chi connectivity index (χ2v) is 5.88. The summed E-state index contributed by atoms with van der Waals surface area (Å²) < 4.78 is 20.9. The Kier molecular flexibility index (Phi) is 17.1. The van der Waals surface area contributed by atoms with Crippen LogP contribution in [0.4, 0.5) is 0 Å². The summed E-state index contributed by atoms with van der Waals surface area (Å²) in [4.78, 5) is 10.2. The minimum Gasteiger partial charge on any atom is -0.480 e. The van der Waals surface area contributed by atoms with Crippen molar-refractivity contribution in [2.45, 2.75) is 46.0 Å². The van der Waals surface area contributed by atoms with E-state index < -0.39 is 5.97 Å². The molecule has 1 N–H and O–H groups in total. The fraction of sp³-hybridized carbons (Fsp3) is 0.941. The van der Waals surface area contributed by atoms with Crippen LogP contribution in [0.5, 0.6) is 0 Å². The largest absolute Gasteiger partial charge is 0.480 e. The smallest absolute Gasteiger partial charge is 0.329 e. The number of hydrogen-bond acceptors (Lipinski definition) is 5. The molecule has 6 nitrogen and oxygen atoms in total. The molecule has 0 rings (SSSR count). The third kappa shape index (κ3) is 21.3. The first-order chi connectivity index (χ1) is 11.1. The fourth-order valence-corrected chi connectivity index (χ4v) is 1.93. The molecule has 0 aromatic heterocycles. The highest BCUT2D eigenvalue weighted by molar-refractivity contribution is 5.67. The van der Waals surface area contributed by atoms with Crippen LogP contribution in [0.1, 0.15) is 46.0 Å². The van der Waals surface area contributed by atoms with Crippen molar-refractivity contribution in [2.75, 3.05) is 52.9 Å². The van der Waals surface area contributed by atoms with E-state index in [1.807, 2.05) is 0 Å². The summed E-state index contributed by atoms with van der Waals surface area (Å²) in [7, 11) is 0. The number of carbonyl (C=O) groups is 1. The Balaban J connectivity index is 2.99. The highest BCUT2D eigenvalue weighted by Crippen LogP contribution is 2.09. The van der Waals surface area contributed by atoms with Crippen molar-refractivity contribution in [2.24, 2.45) is 5.92 Å². The Bertz CT molecular complexity index is 257. The van der Waals surface area contributed by atoms with Gasteiger partial charge in [0.1, 0.15) is 6.61 Å². The van der Waals surface area contributed by atoms with E-state index >= 15 is 0 Å². The number of carboxylic acid groups (broad SMARTS) is 1. The van der Waals surface area contributed by atoms with E-state index in [-0.39, 0.29) is 13.2 Å². The van der Waals surface area contributed by atoms with E-state index in [2.05, 4.69) is 13.8 Å². The molecule has 0 unspecified atom stereocenters. The van der Waals surface area contributed by atoms with Crippen molar-refractivity contribution in [3.05, 3.63) is 0 Å². The van der Waals surface area contributed by atoms with Crippen LogP contribution >= 0.6 is 0 Å². The molecular weight excluding hydrogens is 300 g/mol. The van der Waals surface area contributed by atoms with Gasteiger partial charge in [-0.2, -0.15) is 0 Å². The number of unbranched alkanes of at least 4 members (excludes halogenated alkanes) is 3. The topological polar surface area (TPSA) is 74.2 Å². The zero-order valence-electron chi connectivity index (χ0n) is 14.8. The molecule has 0 bridgehead atoms. The Hall–Kier alpha value is -0.690. The second-order valence-electron chi connectivity index (χ2n) is 5.88. The van der Waals surface area contributed by atoms with Gasteiger partial charge >= 0.3 is 5.97 Å². The molecule has 0 saturated carbocycles. The van der Waals surface area contributed by atoms with Gasteiger partial charge in [0.25, 0.3) is 0 Å². The number of rotatable bonds is 18. The van der Waals surface area contributed by atoms with Crippen LogP contribution in [0.25, 0.3) is 0 Å². The van der Waals surface area contributed by atoms with Gasteiger partial charge in [0.05, 0.1) is 39.6 Å². The lowest BCUT2D eigenvalue weighted by atomic mass is 10.0. The third-order valence-corrected chi connectivity index (χ3v) is 3.16. The van der Waals surface area contributed by atoms with Crippen molar-refractivity contribution < 1.29 is 28.8 Å². The third-order valence-electron chi connectivity index (χ3n) is 3.16. The normalized spacial score (nSPS) is 11.3. The monoisotopic (exact) mass is 334 g/mol. The van der Waals surface area contributed by atoms with Crippen LogP contribution < -0.4 is 0 Å². The Labute approximate surface area is 140 Å². The van der Waals surface area contributed by atoms with E-state index in [4.69, 9.17) is 24.1 Å². The highest BCUT2D eigenvalue weighted by atomic mass is 16.6. The van der Waals surface area contributed by atoms with Gasteiger partial charge in [-0.05, 0) is 12.3 Å². The average molecular weight is 334 g/mol. The molecule has 0 amide bonds. The molecular formula is C17H34O6. The number of ether oxygens (including phenoxy) is 4. The predicted molar refractivity (Wildman–Crippen MR) is 88.8 cm³/mol. The molecule has 6 heteroatoms. The van der Waals surface area contributed by atoms with Gasteiger partial charge in [0.15, 0.2) is 0 Å². The van der Waals surface area contributed by atoms with Crippen molar-refractivity contribution in [1.82, 2.24) is 0 Å². The van der Waals surface area contributed by atoms with Crippen LogP contribution in [-0.4, -0.2) is 63.9 Å². The zero-order valence-corrected chi connectivity index (χ0v) is 14.8. The maximum absolute atomic E-state index is 10.2. The van der Waals surface area contributed by atoms with Crippen molar-refractivity contribution in [3.63, 3.8) is 0 Å². The molecule has 0 aromatic rings. The Morgan fingerprint density at radius 1 is 0.739 bits per heavy atom. The van der Waals surface area contributed by atoms with Crippen LogP contribution in [0.3, 0.4) is 0 Å². The fourth-order valence-electron chi connectivity index (χ4n) is 1.93. The molecule has 0 spiro atoms. The van der Waals surface area contributed by atoms with Gasteiger partial charge in [-0.3, -0.25) is 0 Å². The molecule has 0 radical (unpaired) electrons.